The Morgan fingerprint density at radius 2 is 0.205 bits per heavy atom. The van der Waals surface area contributed by atoms with E-state index < -0.39 is 15.3 Å². The van der Waals surface area contributed by atoms with Crippen LogP contribution in [0.25, 0.3) is 0 Å². The van der Waals surface area contributed by atoms with Crippen LogP contribution in [0.5, 0.6) is 0 Å². The lowest BCUT2D eigenvalue weighted by atomic mass is 12.0. The second-order valence-electron chi connectivity index (χ2n) is 0.969. The molecular weight excluding hydrogens is 1030 g/mol. The fourth-order valence-corrected chi connectivity index (χ4v) is 0. The van der Waals surface area contributed by atoms with E-state index in [1.807, 2.05) is 0 Å². The number of hydrogen-bond donors (Lipinski definition) is 4. The highest BCUT2D eigenvalue weighted by Gasteiger charge is 1.46. The molecule has 574 valence electrons. The lowest BCUT2D eigenvalue weighted by Gasteiger charge is -1.74. The topological polar surface area (TPSA) is 556 Å². The molecule has 0 aliphatic heterocycles. The largest absolute Gasteiger partial charge is 0.444 e. The van der Waals surface area contributed by atoms with Crippen LogP contribution in [-0.2, 0) is 0 Å². The molecule has 0 spiro atoms. The zero-order chi connectivity index (χ0) is 23.6. The average Bonchev–Trinajstić information content (AvgIpc) is 2.41. The van der Waals surface area contributed by atoms with Crippen molar-refractivity contribution in [2.45, 2.75) is 364 Å². The van der Waals surface area contributed by atoms with Crippen molar-refractivity contribution in [3.63, 3.8) is 0 Å². The van der Waals surface area contributed by atoms with Gasteiger partial charge in [0.05, 0.1) is 15.3 Å². The molecule has 0 heterocycles. The van der Waals surface area contributed by atoms with Crippen LogP contribution in [0, 0.1) is 86.4 Å². The molecule has 0 saturated heterocycles. The Kier molecular flexibility index (Phi) is 163000. The molecule has 0 radical (unpaired) electrons. The van der Waals surface area contributed by atoms with Gasteiger partial charge in [-0.3, -0.25) is 0 Å². The first kappa shape index (κ1) is 2240. The molecule has 0 aromatic carbocycles. The highest BCUT2D eigenvalue weighted by molar-refractivity contribution is 4.22. The van der Waals surface area contributed by atoms with Crippen LogP contribution < -0.4 is 18.2 Å². The summed E-state index contributed by atoms with van der Waals surface area (Å²) in [5.74, 6) is 3.50. The smallest absolute Gasteiger partial charge is 0.0689 e. The van der Waals surface area contributed by atoms with E-state index in [9.17, 15) is 0 Å². The Balaban J connectivity index is -0.000000000749. The Morgan fingerprint density at radius 1 is 0.205 bits per heavy atom. The molecule has 0 atom stereocenters. The molecule has 0 fully saturated rings. The van der Waals surface area contributed by atoms with Crippen LogP contribution >= 0.6 is 0 Å². The normalized spacial score (nSPS) is 1.62. The van der Waals surface area contributed by atoms with Gasteiger partial charge in [0.1, 0.15) is 0 Å². The molecule has 0 amide bonds. The molecule has 0 aromatic heterocycles. The van der Waals surface area contributed by atoms with Crippen molar-refractivity contribution in [3.05, 3.63) is 86.4 Å². The molecule has 29 heteroatoms. The third-order valence-electron chi connectivity index (χ3n) is 0. The Bertz CT molecular complexity index is 311. The number of nitrogens with zero attached hydrogens (tertiary/aromatic N) is 7. The van der Waals surface area contributed by atoms with Gasteiger partial charge < -0.3 is 109 Å². The van der Waals surface area contributed by atoms with E-state index in [0.29, 0.717) is 0 Å². The van der Waals surface area contributed by atoms with Gasteiger partial charge in [0.2, 0.25) is 0 Å². The minimum atomic E-state index is -1.75. The van der Waals surface area contributed by atoms with Crippen LogP contribution in [0.1, 0.15) is 364 Å². The van der Waals surface area contributed by atoms with Crippen LogP contribution in [0.4, 0.5) is 0 Å². The summed E-state index contributed by atoms with van der Waals surface area (Å²) in [4.78, 5) is 56.8. The van der Waals surface area contributed by atoms with Gasteiger partial charge in [-0.2, -0.15) is 0 Å². The Morgan fingerprint density at radius 3 is 0.205 bits per heavy atom. The fraction of sp³-hybridized carbons (Fsp3) is 1.00. The Hall–Kier alpha value is -5.00. The molecule has 0 rings (SSSR count). The lowest BCUT2D eigenvalue weighted by Crippen LogP contribution is -1.74. The van der Waals surface area contributed by atoms with E-state index in [4.69, 9.17) is 91.6 Å². The van der Waals surface area contributed by atoms with Crippen molar-refractivity contribution in [1.29, 1.82) is 0 Å². The first-order valence-corrected chi connectivity index (χ1v) is 3.36. The zero-order valence-corrected chi connectivity index (χ0v) is 13.0. The van der Waals surface area contributed by atoms with Gasteiger partial charge in [-0.25, -0.2) is 5.90 Å². The minimum absolute atomic E-state index is 0. The second kappa shape index (κ2) is 5670. The molecule has 0 aromatic rings. The molecule has 0 aliphatic carbocycles. The van der Waals surface area contributed by atoms with E-state index in [0.717, 1.165) is 21.4 Å². The minimum Gasteiger partial charge on any atom is -0.444 e. The van der Waals surface area contributed by atoms with Crippen LogP contribution in [0.2, 0.25) is 0 Å². The van der Waals surface area contributed by atoms with Crippen molar-refractivity contribution < 1.29 is 25.9 Å². The van der Waals surface area contributed by atoms with E-state index in [1.165, 1.54) is 0 Å². The van der Waals surface area contributed by atoms with Crippen molar-refractivity contribution in [2.24, 2.45) is 27.3 Å². The van der Waals surface area contributed by atoms with Crippen molar-refractivity contribution >= 4 is 0 Å². The van der Waals surface area contributed by atoms with Crippen LogP contribution in [-0.4, -0.2) is 25.9 Å². The summed E-state index contributed by atoms with van der Waals surface area (Å²) in [6.07, 6.45) is 0. The maximum atomic E-state index is 8.25. The molecule has 0 bridgehead atoms. The maximum absolute atomic E-state index is 8.25. The van der Waals surface area contributed by atoms with E-state index >= 15 is 0 Å². The first-order valence-electron chi connectivity index (χ1n) is 3.36. The molecule has 0 aliphatic rings. The van der Waals surface area contributed by atoms with E-state index in [-0.39, 0.29) is 382 Å². The molecule has 29 nitrogen and oxygen atoms in total. The van der Waals surface area contributed by atoms with Gasteiger partial charge in [0.25, 0.3) is 0 Å². The van der Waals surface area contributed by atoms with Gasteiger partial charge >= 0.3 is 0 Å². The zero-order valence-electron chi connectivity index (χ0n) is 13.0. The lowest BCUT2D eigenvalue weighted by molar-refractivity contribution is -0.403. The third-order valence-corrected chi connectivity index (χ3v) is 0. The van der Waals surface area contributed by atoms with Crippen molar-refractivity contribution in [3.8, 4) is 0 Å². The predicted molar refractivity (Wildman–Crippen MR) is 417 cm³/mol. The monoisotopic (exact) mass is 1240 g/mol. The number of nitrogens with two attached hydrogens (primary N) is 1. The summed E-state index contributed by atoms with van der Waals surface area (Å²) >= 11 is 0. The van der Waals surface area contributed by atoms with Gasteiger partial charge in [-0.15, -0.1) is 21.4 Å². The first-order chi connectivity index (χ1) is 11.9. The summed E-state index contributed by atoms with van der Waals surface area (Å²) in [5.41, 5.74) is 0. The highest BCUT2D eigenvalue weighted by atomic mass is 16.9. The fourth-order valence-electron chi connectivity index (χ4n) is 0. The standard InChI is InChI=1S/49CH4.3NO3.4HNO2.H3NO.2H3N.H2O/c;;;;;;;;;;;;;;;;;;;;;;;;;;;;;;;;;;;;;;;;;;;;;;;;;3*2-1(3)4;4*2-1-3;1-2;;;/h49*1H4;;;;4*(H,2,3);2H,1H2;2*1H3;1H2/q;;;;;;;;;;;;;;;;;;;;;;;;;;;;;;;;;;;;;;;;;;;;;;;;;3*-1;;;;;;;;/p-4. The number of hydrogen-bond acceptors (Lipinski definition) is 25. The van der Waals surface area contributed by atoms with Crippen molar-refractivity contribution in [2.75, 3.05) is 0 Å². The van der Waals surface area contributed by atoms with Gasteiger partial charge in [-0.05, 0) is 0 Å². The van der Waals surface area contributed by atoms with Crippen LogP contribution in [0.3, 0.4) is 0 Å². The molecule has 0 saturated carbocycles. The quantitative estimate of drug-likeness (QED) is 0.0994. The van der Waals surface area contributed by atoms with Gasteiger partial charge in [-0.1, -0.05) is 364 Å². The Labute approximate surface area is 514 Å². The number of rotatable bonds is 0. The predicted octanol–water partition coefficient (Wildman–Crippen LogP) is 30.3. The summed E-state index contributed by atoms with van der Waals surface area (Å²) in [5, 5.41) is 86.8. The molecular formula is C49H207N10O19-7. The van der Waals surface area contributed by atoms with Crippen molar-refractivity contribution in [1.82, 2.24) is 12.3 Å². The molecule has 0 unspecified atom stereocenters. The summed E-state index contributed by atoms with van der Waals surface area (Å²) in [6, 6.07) is 0. The molecule has 11 N–H and O–H groups in total. The maximum Gasteiger partial charge on any atom is 0.0689 e. The van der Waals surface area contributed by atoms with Crippen LogP contribution in [0.15, 0.2) is 21.4 Å². The van der Waals surface area contributed by atoms with Gasteiger partial charge in [0, 0.05) is 0 Å². The van der Waals surface area contributed by atoms with E-state index in [1.54, 1.807) is 0 Å². The van der Waals surface area contributed by atoms with Gasteiger partial charge in [0.15, 0.2) is 0 Å². The summed E-state index contributed by atoms with van der Waals surface area (Å²) < 4.78 is 0. The highest BCUT2D eigenvalue weighted by Crippen LogP contribution is 1.45. The second-order valence-corrected chi connectivity index (χ2v) is 0.969. The summed E-state index contributed by atoms with van der Waals surface area (Å²) in [6.45, 7) is 0. The SMILES string of the molecule is C.C.C.C.C.C.C.C.C.C.C.C.C.C.C.C.C.C.C.C.C.C.C.C.C.C.C.C.C.C.C.C.C.C.C.C.C.C.C.C.C.C.C.C.C.C.C.C.C.N.N.NO.O.O=N[O-].O=N[O-].O=N[O-].O=N[O-].O=[N+]([O-])[O-].O=[N+]([O-])[O-].O=[N+]([O-])[O-]. The van der Waals surface area contributed by atoms with E-state index in [2.05, 4.69) is 5.90 Å². The summed E-state index contributed by atoms with van der Waals surface area (Å²) in [7, 11) is 0. The third kappa shape index (κ3) is 13900. The molecule has 78 heavy (non-hydrogen) atoms. The average molecular weight is 1240 g/mol.